The van der Waals surface area contributed by atoms with Gasteiger partial charge in [-0.25, -0.2) is 0 Å². The van der Waals surface area contributed by atoms with E-state index in [1.807, 2.05) is 0 Å². The molecule has 2 aliphatic rings. The molecular weight excluding hydrogens is 304 g/mol. The van der Waals surface area contributed by atoms with Crippen molar-refractivity contribution in [3.8, 4) is 0 Å². The average Bonchev–Trinajstić information content (AvgIpc) is 3.28. The number of benzene rings is 1. The Morgan fingerprint density at radius 1 is 1.26 bits per heavy atom. The van der Waals surface area contributed by atoms with E-state index in [4.69, 9.17) is 0 Å². The van der Waals surface area contributed by atoms with Crippen LogP contribution < -0.4 is 10.2 Å². The highest BCUT2D eigenvalue weighted by Crippen LogP contribution is 2.33. The maximum absolute atomic E-state index is 9.19. The van der Waals surface area contributed by atoms with Gasteiger partial charge in [-0.2, -0.15) is 0 Å². The first kappa shape index (κ1) is 13.4. The van der Waals surface area contributed by atoms with E-state index < -0.39 is 0 Å². The van der Waals surface area contributed by atoms with Crippen molar-refractivity contribution in [2.45, 2.75) is 44.3 Å². The Hall–Kier alpha value is -0.580. The van der Waals surface area contributed by atoms with Gasteiger partial charge in [0.15, 0.2) is 0 Å². The van der Waals surface area contributed by atoms with Crippen LogP contribution in [0.4, 0.5) is 5.69 Å². The minimum atomic E-state index is 0.221. The summed E-state index contributed by atoms with van der Waals surface area (Å²) >= 11 is 3.68. The zero-order valence-corrected chi connectivity index (χ0v) is 12.7. The molecule has 0 amide bonds. The Morgan fingerprint density at radius 2 is 2.05 bits per heavy atom. The van der Waals surface area contributed by atoms with Crippen LogP contribution in [0.5, 0.6) is 0 Å². The number of hydrogen-bond donors (Lipinski definition) is 2. The van der Waals surface area contributed by atoms with Crippen LogP contribution in [0.3, 0.4) is 0 Å². The van der Waals surface area contributed by atoms with Crippen LogP contribution >= 0.6 is 15.9 Å². The maximum Gasteiger partial charge on any atom is 0.0606 e. The Labute approximate surface area is 123 Å². The van der Waals surface area contributed by atoms with E-state index in [9.17, 15) is 5.11 Å². The molecule has 3 rings (SSSR count). The summed E-state index contributed by atoms with van der Waals surface area (Å²) in [5.41, 5.74) is 2.54. The van der Waals surface area contributed by atoms with Crippen molar-refractivity contribution >= 4 is 21.6 Å². The summed E-state index contributed by atoms with van der Waals surface area (Å²) in [7, 11) is 0. The highest BCUT2D eigenvalue weighted by atomic mass is 79.9. The van der Waals surface area contributed by atoms with E-state index in [1.165, 1.54) is 41.4 Å². The largest absolute Gasteiger partial charge is 0.395 e. The standard InChI is InChI=1S/C15H21BrN2O/c16-15-9-14(18(7-8-19)13-5-6-13)4-1-11(15)10-17-12-2-3-12/h1,4,9,12-13,17,19H,2-3,5-8,10H2. The fraction of sp³-hybridized carbons (Fsp3) is 0.600. The van der Waals surface area contributed by atoms with Gasteiger partial charge in [-0.15, -0.1) is 0 Å². The van der Waals surface area contributed by atoms with Crippen molar-refractivity contribution in [2.75, 3.05) is 18.1 Å². The first-order chi connectivity index (χ1) is 9.28. The second kappa shape index (κ2) is 5.81. The van der Waals surface area contributed by atoms with Gasteiger partial charge < -0.3 is 15.3 Å². The summed E-state index contributed by atoms with van der Waals surface area (Å²) in [6, 6.07) is 7.95. The molecule has 0 radical (unpaired) electrons. The second-order valence-corrected chi connectivity index (χ2v) is 6.43. The smallest absolute Gasteiger partial charge is 0.0606 e. The van der Waals surface area contributed by atoms with Crippen molar-refractivity contribution in [1.82, 2.24) is 5.32 Å². The molecule has 2 fully saturated rings. The fourth-order valence-corrected chi connectivity index (χ4v) is 2.92. The van der Waals surface area contributed by atoms with E-state index in [1.54, 1.807) is 0 Å². The third kappa shape index (κ3) is 3.50. The molecular formula is C15H21BrN2O. The lowest BCUT2D eigenvalue weighted by Gasteiger charge is -2.24. The lowest BCUT2D eigenvalue weighted by Crippen LogP contribution is -2.28. The lowest BCUT2D eigenvalue weighted by molar-refractivity contribution is 0.301. The molecule has 0 heterocycles. The predicted molar refractivity (Wildman–Crippen MR) is 81.5 cm³/mol. The van der Waals surface area contributed by atoms with E-state index >= 15 is 0 Å². The lowest BCUT2D eigenvalue weighted by atomic mass is 10.2. The van der Waals surface area contributed by atoms with Crippen molar-refractivity contribution < 1.29 is 5.11 Å². The third-order valence-electron chi connectivity index (χ3n) is 3.86. The van der Waals surface area contributed by atoms with Crippen molar-refractivity contribution in [2.24, 2.45) is 0 Å². The zero-order chi connectivity index (χ0) is 13.2. The molecule has 4 heteroatoms. The molecule has 0 bridgehead atoms. The van der Waals surface area contributed by atoms with Crippen molar-refractivity contribution in [3.05, 3.63) is 28.2 Å². The van der Waals surface area contributed by atoms with Crippen LogP contribution in [0.25, 0.3) is 0 Å². The average molecular weight is 325 g/mol. The van der Waals surface area contributed by atoms with Crippen LogP contribution in [-0.4, -0.2) is 30.3 Å². The van der Waals surface area contributed by atoms with E-state index in [2.05, 4.69) is 44.3 Å². The Bertz CT molecular complexity index is 444. The summed E-state index contributed by atoms with van der Waals surface area (Å²) in [5, 5.41) is 12.7. The molecule has 0 aromatic heterocycles. The molecule has 104 valence electrons. The number of aliphatic hydroxyl groups is 1. The van der Waals surface area contributed by atoms with Gasteiger partial charge in [0, 0.05) is 35.3 Å². The van der Waals surface area contributed by atoms with E-state index in [-0.39, 0.29) is 6.61 Å². The predicted octanol–water partition coefficient (Wildman–Crippen LogP) is 2.66. The molecule has 0 aliphatic heterocycles. The van der Waals surface area contributed by atoms with E-state index in [0.29, 0.717) is 6.04 Å². The molecule has 1 aromatic carbocycles. The van der Waals surface area contributed by atoms with Crippen molar-refractivity contribution in [3.63, 3.8) is 0 Å². The highest BCUT2D eigenvalue weighted by molar-refractivity contribution is 9.10. The van der Waals surface area contributed by atoms with Gasteiger partial charge in [0.2, 0.25) is 0 Å². The minimum absolute atomic E-state index is 0.221. The first-order valence-corrected chi connectivity index (χ1v) is 7.96. The number of nitrogens with one attached hydrogen (secondary N) is 1. The Morgan fingerprint density at radius 3 is 2.63 bits per heavy atom. The van der Waals surface area contributed by atoms with Gasteiger partial charge in [0.05, 0.1) is 6.61 Å². The zero-order valence-electron chi connectivity index (χ0n) is 11.1. The second-order valence-electron chi connectivity index (χ2n) is 5.58. The van der Waals surface area contributed by atoms with Crippen LogP contribution in [0, 0.1) is 0 Å². The third-order valence-corrected chi connectivity index (χ3v) is 4.59. The maximum atomic E-state index is 9.19. The van der Waals surface area contributed by atoms with Crippen LogP contribution in [-0.2, 0) is 6.54 Å². The summed E-state index contributed by atoms with van der Waals surface area (Å²) < 4.78 is 1.17. The molecule has 0 spiro atoms. The number of aliphatic hydroxyl groups excluding tert-OH is 1. The van der Waals surface area contributed by atoms with Gasteiger partial charge in [0.25, 0.3) is 0 Å². The van der Waals surface area contributed by atoms with Crippen LogP contribution in [0.1, 0.15) is 31.2 Å². The summed E-state index contributed by atoms with van der Waals surface area (Å²) in [4.78, 5) is 2.32. The summed E-state index contributed by atoms with van der Waals surface area (Å²) in [5.74, 6) is 0. The normalized spacial score (nSPS) is 18.6. The quantitative estimate of drug-likeness (QED) is 0.809. The number of anilines is 1. The van der Waals surface area contributed by atoms with Crippen LogP contribution in [0.15, 0.2) is 22.7 Å². The molecule has 0 atom stereocenters. The summed E-state index contributed by atoms with van der Waals surface area (Å²) in [6.07, 6.45) is 5.15. The minimum Gasteiger partial charge on any atom is -0.395 e. The number of halogens is 1. The van der Waals surface area contributed by atoms with Gasteiger partial charge in [-0.1, -0.05) is 22.0 Å². The summed E-state index contributed by atoms with van der Waals surface area (Å²) in [6.45, 7) is 1.89. The Kier molecular flexibility index (Phi) is 4.10. The number of nitrogens with zero attached hydrogens (tertiary/aromatic N) is 1. The highest BCUT2D eigenvalue weighted by Gasteiger charge is 2.29. The SMILES string of the molecule is OCCN(c1ccc(CNC2CC2)c(Br)c1)C1CC1. The molecule has 0 saturated heterocycles. The Balaban J connectivity index is 1.69. The number of rotatable bonds is 7. The van der Waals surface area contributed by atoms with Gasteiger partial charge in [-0.05, 0) is 43.4 Å². The molecule has 3 nitrogen and oxygen atoms in total. The van der Waals surface area contributed by atoms with E-state index in [0.717, 1.165) is 19.1 Å². The molecule has 2 aliphatic carbocycles. The van der Waals surface area contributed by atoms with Crippen LogP contribution in [0.2, 0.25) is 0 Å². The van der Waals surface area contributed by atoms with Gasteiger partial charge >= 0.3 is 0 Å². The van der Waals surface area contributed by atoms with Crippen molar-refractivity contribution in [1.29, 1.82) is 0 Å². The molecule has 0 unspecified atom stereocenters. The van der Waals surface area contributed by atoms with Gasteiger partial charge in [0.1, 0.15) is 0 Å². The first-order valence-electron chi connectivity index (χ1n) is 7.17. The monoisotopic (exact) mass is 324 g/mol. The van der Waals surface area contributed by atoms with Gasteiger partial charge in [-0.3, -0.25) is 0 Å². The molecule has 1 aromatic rings. The molecule has 19 heavy (non-hydrogen) atoms. The fourth-order valence-electron chi connectivity index (χ4n) is 2.42. The number of hydrogen-bond acceptors (Lipinski definition) is 3. The molecule has 2 saturated carbocycles. The topological polar surface area (TPSA) is 35.5 Å². The molecule has 2 N–H and O–H groups in total.